The molecule has 2 nitrogen and oxygen atoms in total. The van der Waals surface area contributed by atoms with Gasteiger partial charge in [0.1, 0.15) is 6.61 Å². The number of hydrogen-bond acceptors (Lipinski definition) is 2. The van der Waals surface area contributed by atoms with E-state index in [2.05, 4.69) is 0 Å². The van der Waals surface area contributed by atoms with E-state index in [1.165, 1.54) is 0 Å². The molecule has 3 heteroatoms. The molecule has 1 aromatic carbocycles. The SMILES string of the molecule is ClC1COc2ccccc2O1. The van der Waals surface area contributed by atoms with E-state index in [0.29, 0.717) is 6.61 Å². The smallest absolute Gasteiger partial charge is 0.206 e. The minimum atomic E-state index is -0.357. The highest BCUT2D eigenvalue weighted by Crippen LogP contribution is 2.31. The van der Waals surface area contributed by atoms with E-state index in [-0.39, 0.29) is 5.56 Å². The Bertz CT molecular complexity index is 262. The van der Waals surface area contributed by atoms with Crippen LogP contribution in [0.4, 0.5) is 0 Å². The van der Waals surface area contributed by atoms with Gasteiger partial charge in [-0.25, -0.2) is 0 Å². The Kier molecular flexibility index (Phi) is 1.62. The predicted molar refractivity (Wildman–Crippen MR) is 42.2 cm³/mol. The van der Waals surface area contributed by atoms with Crippen LogP contribution in [0, 0.1) is 0 Å². The van der Waals surface area contributed by atoms with Crippen molar-refractivity contribution < 1.29 is 9.47 Å². The van der Waals surface area contributed by atoms with Crippen LogP contribution < -0.4 is 9.47 Å². The summed E-state index contributed by atoms with van der Waals surface area (Å²) in [6.45, 7) is 0.415. The van der Waals surface area contributed by atoms with Gasteiger partial charge in [-0.1, -0.05) is 23.7 Å². The topological polar surface area (TPSA) is 18.5 Å². The van der Waals surface area contributed by atoms with Crippen molar-refractivity contribution in [3.8, 4) is 11.5 Å². The summed E-state index contributed by atoms with van der Waals surface area (Å²) in [5.74, 6) is 1.49. The minimum absolute atomic E-state index is 0.357. The molecule has 1 aromatic rings. The maximum absolute atomic E-state index is 5.70. The van der Waals surface area contributed by atoms with E-state index >= 15 is 0 Å². The largest absolute Gasteiger partial charge is 0.484 e. The van der Waals surface area contributed by atoms with E-state index in [1.54, 1.807) is 0 Å². The van der Waals surface area contributed by atoms with Crippen LogP contribution in [0.15, 0.2) is 24.3 Å². The number of fused-ring (bicyclic) bond motifs is 1. The number of alkyl halides is 1. The van der Waals surface area contributed by atoms with Gasteiger partial charge in [0.25, 0.3) is 0 Å². The molecule has 1 aliphatic heterocycles. The van der Waals surface area contributed by atoms with Crippen LogP contribution >= 0.6 is 11.6 Å². The van der Waals surface area contributed by atoms with E-state index < -0.39 is 0 Å². The molecule has 1 aliphatic rings. The standard InChI is InChI=1S/C8H7ClO2/c9-8-5-10-6-3-1-2-4-7(6)11-8/h1-4,8H,5H2. The molecule has 1 atom stereocenters. The Balaban J connectivity index is 2.34. The second-order valence-electron chi connectivity index (χ2n) is 2.29. The third kappa shape index (κ3) is 1.26. The average molecular weight is 171 g/mol. The third-order valence-electron chi connectivity index (χ3n) is 1.47. The van der Waals surface area contributed by atoms with Gasteiger partial charge in [0.2, 0.25) is 5.56 Å². The zero-order valence-electron chi connectivity index (χ0n) is 5.79. The first-order valence-electron chi connectivity index (χ1n) is 3.39. The lowest BCUT2D eigenvalue weighted by Gasteiger charge is -2.21. The first-order valence-corrected chi connectivity index (χ1v) is 3.82. The number of ether oxygens (including phenoxy) is 2. The highest BCUT2D eigenvalue weighted by Gasteiger charge is 2.16. The minimum Gasteiger partial charge on any atom is -0.484 e. The summed E-state index contributed by atoms with van der Waals surface area (Å²) in [4.78, 5) is 0. The number of para-hydroxylation sites is 2. The van der Waals surface area contributed by atoms with Crippen molar-refractivity contribution in [3.63, 3.8) is 0 Å². The summed E-state index contributed by atoms with van der Waals surface area (Å²) < 4.78 is 10.6. The maximum atomic E-state index is 5.70. The Morgan fingerprint density at radius 1 is 1.27 bits per heavy atom. The van der Waals surface area contributed by atoms with Gasteiger partial charge in [-0.3, -0.25) is 0 Å². The van der Waals surface area contributed by atoms with E-state index in [1.807, 2.05) is 24.3 Å². The molecular formula is C8H7ClO2. The van der Waals surface area contributed by atoms with Gasteiger partial charge in [-0.15, -0.1) is 0 Å². The Hall–Kier alpha value is -0.890. The second-order valence-corrected chi connectivity index (χ2v) is 2.77. The summed E-state index contributed by atoms with van der Waals surface area (Å²) in [6.07, 6.45) is 0. The van der Waals surface area contributed by atoms with Crippen molar-refractivity contribution in [2.45, 2.75) is 5.56 Å². The normalized spacial score (nSPS) is 21.4. The molecule has 1 unspecified atom stereocenters. The lowest BCUT2D eigenvalue weighted by Crippen LogP contribution is -2.23. The van der Waals surface area contributed by atoms with E-state index in [9.17, 15) is 0 Å². The van der Waals surface area contributed by atoms with Crippen LogP contribution in [0.1, 0.15) is 0 Å². The first-order chi connectivity index (χ1) is 5.36. The van der Waals surface area contributed by atoms with Crippen molar-refractivity contribution in [2.24, 2.45) is 0 Å². The van der Waals surface area contributed by atoms with Crippen molar-refractivity contribution in [1.82, 2.24) is 0 Å². The summed E-state index contributed by atoms with van der Waals surface area (Å²) in [5, 5.41) is 0. The van der Waals surface area contributed by atoms with Gasteiger partial charge in [-0.2, -0.15) is 0 Å². The van der Waals surface area contributed by atoms with E-state index in [0.717, 1.165) is 11.5 Å². The van der Waals surface area contributed by atoms with Crippen LogP contribution in [0.3, 0.4) is 0 Å². The Morgan fingerprint density at radius 2 is 2.00 bits per heavy atom. The third-order valence-corrected chi connectivity index (χ3v) is 1.69. The zero-order valence-corrected chi connectivity index (χ0v) is 6.54. The van der Waals surface area contributed by atoms with Gasteiger partial charge in [0.15, 0.2) is 11.5 Å². The monoisotopic (exact) mass is 170 g/mol. The van der Waals surface area contributed by atoms with E-state index in [4.69, 9.17) is 21.1 Å². The molecule has 0 aliphatic carbocycles. The molecule has 0 saturated heterocycles. The first kappa shape index (κ1) is 6.80. The van der Waals surface area contributed by atoms with Gasteiger partial charge in [0, 0.05) is 0 Å². The molecule has 1 heterocycles. The highest BCUT2D eigenvalue weighted by molar-refractivity contribution is 6.20. The molecule has 0 fully saturated rings. The molecule has 11 heavy (non-hydrogen) atoms. The number of benzene rings is 1. The fraction of sp³-hybridized carbons (Fsp3) is 0.250. The molecule has 0 bridgehead atoms. The van der Waals surface area contributed by atoms with Gasteiger partial charge < -0.3 is 9.47 Å². The maximum Gasteiger partial charge on any atom is 0.206 e. The van der Waals surface area contributed by atoms with Crippen LogP contribution in [0.5, 0.6) is 11.5 Å². The van der Waals surface area contributed by atoms with Crippen molar-refractivity contribution in [3.05, 3.63) is 24.3 Å². The quantitative estimate of drug-likeness (QED) is 0.555. The van der Waals surface area contributed by atoms with Crippen LogP contribution in [-0.4, -0.2) is 12.2 Å². The molecule has 0 saturated carbocycles. The van der Waals surface area contributed by atoms with Gasteiger partial charge in [-0.05, 0) is 12.1 Å². The summed E-state index contributed by atoms with van der Waals surface area (Å²) in [5.41, 5.74) is -0.357. The summed E-state index contributed by atoms with van der Waals surface area (Å²) >= 11 is 5.70. The molecule has 0 N–H and O–H groups in total. The summed E-state index contributed by atoms with van der Waals surface area (Å²) in [7, 11) is 0. The lowest BCUT2D eigenvalue weighted by molar-refractivity contribution is 0.144. The predicted octanol–water partition coefficient (Wildman–Crippen LogP) is 2.02. The molecule has 0 amide bonds. The van der Waals surface area contributed by atoms with Crippen LogP contribution in [-0.2, 0) is 0 Å². The second kappa shape index (κ2) is 2.62. The zero-order chi connectivity index (χ0) is 7.68. The van der Waals surface area contributed by atoms with Crippen LogP contribution in [0.2, 0.25) is 0 Å². The van der Waals surface area contributed by atoms with Gasteiger partial charge >= 0.3 is 0 Å². The molecular weight excluding hydrogens is 164 g/mol. The molecule has 58 valence electrons. The van der Waals surface area contributed by atoms with Crippen molar-refractivity contribution >= 4 is 11.6 Å². The summed E-state index contributed by atoms with van der Waals surface area (Å²) in [6, 6.07) is 7.48. The number of rotatable bonds is 0. The Labute approximate surface area is 69.7 Å². The number of halogens is 1. The average Bonchev–Trinajstić information content (AvgIpc) is 2.04. The fourth-order valence-electron chi connectivity index (χ4n) is 0.994. The van der Waals surface area contributed by atoms with Crippen molar-refractivity contribution in [2.75, 3.05) is 6.61 Å². The molecule has 0 radical (unpaired) electrons. The van der Waals surface area contributed by atoms with Gasteiger partial charge in [0.05, 0.1) is 0 Å². The number of hydrogen-bond donors (Lipinski definition) is 0. The lowest BCUT2D eigenvalue weighted by atomic mass is 10.3. The molecule has 2 rings (SSSR count). The molecule has 0 aromatic heterocycles. The van der Waals surface area contributed by atoms with Crippen LogP contribution in [0.25, 0.3) is 0 Å². The Morgan fingerprint density at radius 3 is 2.82 bits per heavy atom. The van der Waals surface area contributed by atoms with Crippen molar-refractivity contribution in [1.29, 1.82) is 0 Å². The molecule has 0 spiro atoms. The fourth-order valence-corrected chi connectivity index (χ4v) is 1.15. The highest BCUT2D eigenvalue weighted by atomic mass is 35.5.